The molecule has 0 aliphatic carbocycles. The van der Waals surface area contributed by atoms with Crippen molar-refractivity contribution in [3.63, 3.8) is 0 Å². The van der Waals surface area contributed by atoms with Crippen LogP contribution in [0, 0.1) is 5.82 Å². The third kappa shape index (κ3) is 3.71. The Kier molecular flexibility index (Phi) is 4.14. The summed E-state index contributed by atoms with van der Waals surface area (Å²) < 4.78 is 13.3. The molecular formula is C11H9FN2O4. The molecule has 2 amide bonds. The van der Waals surface area contributed by atoms with Gasteiger partial charge in [-0.3, -0.25) is 9.59 Å². The summed E-state index contributed by atoms with van der Waals surface area (Å²) in [4.78, 5) is 32.2. The van der Waals surface area contributed by atoms with Crippen LogP contribution in [-0.4, -0.2) is 22.9 Å². The van der Waals surface area contributed by atoms with Gasteiger partial charge in [0.1, 0.15) is 5.82 Å². The number of carbonyl (C=O) groups excluding carboxylic acids is 2. The molecule has 1 aromatic carbocycles. The summed E-state index contributed by atoms with van der Waals surface area (Å²) >= 11 is 0. The van der Waals surface area contributed by atoms with Crippen LogP contribution in [0.4, 0.5) is 10.1 Å². The molecule has 0 unspecified atom stereocenters. The maximum atomic E-state index is 13.3. The molecule has 0 saturated heterocycles. The summed E-state index contributed by atoms with van der Waals surface area (Å²) in [6, 6.07) is 3.20. The Morgan fingerprint density at radius 3 is 2.50 bits per heavy atom. The fraction of sp³-hybridized carbons (Fsp3) is 0. The number of carboxylic acid groups (broad SMARTS) is 1. The number of anilines is 1. The highest BCUT2D eigenvalue weighted by Crippen LogP contribution is 2.15. The van der Waals surface area contributed by atoms with Crippen LogP contribution in [0.5, 0.6) is 0 Å². The molecular weight excluding hydrogens is 243 g/mol. The van der Waals surface area contributed by atoms with Crippen LogP contribution >= 0.6 is 0 Å². The van der Waals surface area contributed by atoms with Crippen molar-refractivity contribution in [2.45, 2.75) is 0 Å². The van der Waals surface area contributed by atoms with E-state index >= 15 is 0 Å². The molecule has 7 heteroatoms. The van der Waals surface area contributed by atoms with E-state index in [2.05, 4.69) is 5.32 Å². The molecule has 94 valence electrons. The maximum absolute atomic E-state index is 13.3. The zero-order chi connectivity index (χ0) is 13.7. The van der Waals surface area contributed by atoms with Crippen molar-refractivity contribution in [2.24, 2.45) is 5.73 Å². The Morgan fingerprint density at radius 1 is 1.28 bits per heavy atom. The van der Waals surface area contributed by atoms with E-state index in [1.54, 1.807) is 0 Å². The van der Waals surface area contributed by atoms with Crippen LogP contribution in [0.15, 0.2) is 30.4 Å². The number of halogens is 1. The summed E-state index contributed by atoms with van der Waals surface area (Å²) in [6.07, 6.45) is 1.32. The van der Waals surface area contributed by atoms with Gasteiger partial charge in [-0.25, -0.2) is 9.18 Å². The van der Waals surface area contributed by atoms with Gasteiger partial charge in [-0.15, -0.1) is 0 Å². The number of hydrogen-bond acceptors (Lipinski definition) is 3. The van der Waals surface area contributed by atoms with Crippen LogP contribution in [0.25, 0.3) is 0 Å². The first-order chi connectivity index (χ1) is 8.40. The van der Waals surface area contributed by atoms with E-state index in [0.29, 0.717) is 6.08 Å². The highest BCUT2D eigenvalue weighted by Gasteiger charge is 2.08. The summed E-state index contributed by atoms with van der Waals surface area (Å²) in [7, 11) is 0. The van der Waals surface area contributed by atoms with Crippen molar-refractivity contribution in [2.75, 3.05) is 5.32 Å². The predicted molar refractivity (Wildman–Crippen MR) is 60.3 cm³/mol. The zero-order valence-corrected chi connectivity index (χ0v) is 9.01. The standard InChI is InChI=1S/C11H9FN2O4/c12-7-2-1-6(11(13)18)5-8(7)14-9(15)3-4-10(16)17/h1-5H,(H2,13,18)(H,14,15)(H,16,17)/b4-3+. The minimum Gasteiger partial charge on any atom is -0.478 e. The molecule has 0 spiro atoms. The Balaban J connectivity index is 2.90. The average molecular weight is 252 g/mol. The van der Waals surface area contributed by atoms with Crippen molar-refractivity contribution >= 4 is 23.5 Å². The van der Waals surface area contributed by atoms with Crippen molar-refractivity contribution in [3.8, 4) is 0 Å². The van der Waals surface area contributed by atoms with Crippen molar-refractivity contribution in [1.29, 1.82) is 0 Å². The minimum absolute atomic E-state index is 0.0221. The van der Waals surface area contributed by atoms with Gasteiger partial charge in [-0.1, -0.05) is 0 Å². The van der Waals surface area contributed by atoms with Gasteiger partial charge >= 0.3 is 5.97 Å². The van der Waals surface area contributed by atoms with E-state index in [-0.39, 0.29) is 11.3 Å². The van der Waals surface area contributed by atoms with Crippen LogP contribution in [-0.2, 0) is 9.59 Å². The van der Waals surface area contributed by atoms with Crippen molar-refractivity contribution < 1.29 is 23.9 Å². The summed E-state index contributed by atoms with van der Waals surface area (Å²) in [6.45, 7) is 0. The molecule has 0 aliphatic rings. The highest BCUT2D eigenvalue weighted by molar-refractivity contribution is 6.03. The van der Waals surface area contributed by atoms with E-state index in [0.717, 1.165) is 18.2 Å². The van der Waals surface area contributed by atoms with E-state index in [4.69, 9.17) is 10.8 Å². The molecule has 0 heterocycles. The third-order valence-electron chi connectivity index (χ3n) is 1.89. The Hall–Kier alpha value is -2.70. The van der Waals surface area contributed by atoms with Crippen LogP contribution in [0.1, 0.15) is 10.4 Å². The smallest absolute Gasteiger partial charge is 0.328 e. The van der Waals surface area contributed by atoms with Gasteiger partial charge in [-0.05, 0) is 18.2 Å². The van der Waals surface area contributed by atoms with Gasteiger partial charge in [0.15, 0.2) is 0 Å². The second-order valence-electron chi connectivity index (χ2n) is 3.22. The van der Waals surface area contributed by atoms with E-state index < -0.39 is 23.6 Å². The number of primary amides is 1. The Bertz CT molecular complexity index is 540. The highest BCUT2D eigenvalue weighted by atomic mass is 19.1. The van der Waals surface area contributed by atoms with Crippen LogP contribution in [0.2, 0.25) is 0 Å². The monoisotopic (exact) mass is 252 g/mol. The number of nitrogens with one attached hydrogen (secondary N) is 1. The molecule has 6 nitrogen and oxygen atoms in total. The largest absolute Gasteiger partial charge is 0.478 e. The molecule has 0 aliphatic heterocycles. The molecule has 0 fully saturated rings. The third-order valence-corrected chi connectivity index (χ3v) is 1.89. The van der Waals surface area contributed by atoms with Crippen LogP contribution in [0.3, 0.4) is 0 Å². The Labute approximate surface area is 101 Å². The number of hydrogen-bond donors (Lipinski definition) is 3. The average Bonchev–Trinajstić information content (AvgIpc) is 2.29. The van der Waals surface area contributed by atoms with Gasteiger partial charge in [-0.2, -0.15) is 0 Å². The lowest BCUT2D eigenvalue weighted by molar-refractivity contribution is -0.131. The topological polar surface area (TPSA) is 109 Å². The maximum Gasteiger partial charge on any atom is 0.328 e. The Morgan fingerprint density at radius 2 is 1.94 bits per heavy atom. The fourth-order valence-electron chi connectivity index (χ4n) is 1.10. The lowest BCUT2D eigenvalue weighted by Crippen LogP contribution is -2.14. The fourth-order valence-corrected chi connectivity index (χ4v) is 1.10. The predicted octanol–water partition coefficient (Wildman–Crippen LogP) is 0.504. The number of nitrogens with two attached hydrogens (primary N) is 1. The van der Waals surface area contributed by atoms with Gasteiger partial charge in [0.25, 0.3) is 0 Å². The summed E-state index contributed by atoms with van der Waals surface area (Å²) in [5, 5.41) is 10.4. The normalized spacial score (nSPS) is 10.3. The van der Waals surface area contributed by atoms with Crippen molar-refractivity contribution in [1.82, 2.24) is 0 Å². The molecule has 0 aromatic heterocycles. The number of carboxylic acids is 1. The van der Waals surface area contributed by atoms with Crippen molar-refractivity contribution in [3.05, 3.63) is 41.7 Å². The van der Waals surface area contributed by atoms with Gasteiger partial charge in [0, 0.05) is 17.7 Å². The van der Waals surface area contributed by atoms with Gasteiger partial charge in [0.05, 0.1) is 5.69 Å². The summed E-state index contributed by atoms with van der Waals surface area (Å²) in [5.74, 6) is -3.68. The lowest BCUT2D eigenvalue weighted by Gasteiger charge is -2.05. The van der Waals surface area contributed by atoms with E-state index in [9.17, 15) is 18.8 Å². The molecule has 4 N–H and O–H groups in total. The van der Waals surface area contributed by atoms with E-state index in [1.165, 1.54) is 6.07 Å². The number of carbonyl (C=O) groups is 3. The first-order valence-corrected chi connectivity index (χ1v) is 4.71. The number of benzene rings is 1. The molecule has 1 rings (SSSR count). The van der Waals surface area contributed by atoms with Gasteiger partial charge in [0.2, 0.25) is 11.8 Å². The van der Waals surface area contributed by atoms with E-state index in [1.807, 2.05) is 0 Å². The number of amides is 2. The number of rotatable bonds is 4. The molecule has 0 saturated carbocycles. The second-order valence-corrected chi connectivity index (χ2v) is 3.22. The molecule has 18 heavy (non-hydrogen) atoms. The first-order valence-electron chi connectivity index (χ1n) is 4.71. The van der Waals surface area contributed by atoms with Gasteiger partial charge < -0.3 is 16.2 Å². The molecule has 0 bridgehead atoms. The molecule has 0 radical (unpaired) electrons. The van der Waals surface area contributed by atoms with Crippen LogP contribution < -0.4 is 11.1 Å². The quantitative estimate of drug-likeness (QED) is 0.678. The lowest BCUT2D eigenvalue weighted by atomic mass is 10.2. The molecule has 1 aromatic rings. The second kappa shape index (κ2) is 5.58. The number of aliphatic carboxylic acids is 1. The molecule has 0 atom stereocenters. The minimum atomic E-state index is -1.31. The first kappa shape index (κ1) is 13.4. The SMILES string of the molecule is NC(=O)c1ccc(F)c(NC(=O)/C=C/C(=O)O)c1. The summed E-state index contributed by atoms with van der Waals surface area (Å²) in [5.41, 5.74) is 4.76. The zero-order valence-electron chi connectivity index (χ0n) is 9.01.